The summed E-state index contributed by atoms with van der Waals surface area (Å²) < 4.78 is 46.2. The quantitative estimate of drug-likeness (QED) is 0.154. The summed E-state index contributed by atoms with van der Waals surface area (Å²) in [5, 5.41) is 17.2. The van der Waals surface area contributed by atoms with Crippen LogP contribution in [0.25, 0.3) is 0 Å². The third kappa shape index (κ3) is 15.2. The second-order valence-corrected chi connectivity index (χ2v) is 8.01. The largest absolute Gasteiger partial charge is 0.389 e. The molecule has 0 aromatic heterocycles. The summed E-state index contributed by atoms with van der Waals surface area (Å²) >= 11 is 0. The molecule has 0 radical (unpaired) electrons. The standard InChI is InChI=1S/C15H13F3N2O.C9H21NO2.C2H6.H4N2/c1-8-3-6-12(11(17)7-8)20-14-9(15(21)19-2)4-5-10(16)13(14)18;1-4-12-7-5-6-10-8-9(2,3)11;2*1-2/h3-7,20H,1-2H3,(H,19,21);10-11H,4-8H2,1-3H3;1-2H3;1-2H2. The first-order valence-electron chi connectivity index (χ1n) is 12.1. The van der Waals surface area contributed by atoms with Crippen LogP contribution in [-0.2, 0) is 4.74 Å². The molecule has 8 N–H and O–H groups in total. The van der Waals surface area contributed by atoms with Crippen LogP contribution < -0.4 is 27.6 Å². The van der Waals surface area contributed by atoms with E-state index in [4.69, 9.17) is 4.74 Å². The molecule has 0 saturated carbocycles. The van der Waals surface area contributed by atoms with E-state index in [2.05, 4.69) is 27.6 Å². The van der Waals surface area contributed by atoms with E-state index in [1.165, 1.54) is 19.2 Å². The van der Waals surface area contributed by atoms with Crippen molar-refractivity contribution in [2.24, 2.45) is 11.7 Å². The highest BCUT2D eigenvalue weighted by atomic mass is 19.2. The molecular weight excluding hydrogens is 487 g/mol. The van der Waals surface area contributed by atoms with Gasteiger partial charge < -0.3 is 25.8 Å². The lowest BCUT2D eigenvalue weighted by molar-refractivity contribution is 0.0783. The van der Waals surface area contributed by atoms with Gasteiger partial charge in [0.2, 0.25) is 0 Å². The number of rotatable bonds is 10. The number of nitrogens with one attached hydrogen (secondary N) is 3. The van der Waals surface area contributed by atoms with Crippen LogP contribution in [0.2, 0.25) is 0 Å². The molecule has 0 unspecified atom stereocenters. The van der Waals surface area contributed by atoms with Crippen molar-refractivity contribution < 1.29 is 27.8 Å². The molecular formula is C26H44F3N5O3. The Labute approximate surface area is 218 Å². The van der Waals surface area contributed by atoms with Gasteiger partial charge in [-0.3, -0.25) is 16.5 Å². The van der Waals surface area contributed by atoms with Gasteiger partial charge in [-0.05, 0) is 70.5 Å². The number of amides is 1. The summed E-state index contributed by atoms with van der Waals surface area (Å²) in [5.41, 5.74) is -0.487. The van der Waals surface area contributed by atoms with E-state index >= 15 is 0 Å². The molecule has 2 aromatic rings. The van der Waals surface area contributed by atoms with Crippen molar-refractivity contribution in [3.8, 4) is 0 Å². The Balaban J connectivity index is 0. The van der Waals surface area contributed by atoms with Gasteiger partial charge in [0.1, 0.15) is 5.82 Å². The number of anilines is 2. The fourth-order valence-corrected chi connectivity index (χ4v) is 2.69. The van der Waals surface area contributed by atoms with Gasteiger partial charge in [0.15, 0.2) is 11.6 Å². The van der Waals surface area contributed by atoms with Gasteiger partial charge in [0, 0.05) is 26.8 Å². The first kappa shape index (κ1) is 36.5. The summed E-state index contributed by atoms with van der Waals surface area (Å²) in [6.07, 6.45) is 1.00. The van der Waals surface area contributed by atoms with E-state index in [1.807, 2.05) is 20.8 Å². The number of aliphatic hydroxyl groups is 1. The highest BCUT2D eigenvalue weighted by molar-refractivity contribution is 6.00. The molecule has 0 saturated heterocycles. The normalized spacial score (nSPS) is 10.1. The zero-order valence-corrected chi connectivity index (χ0v) is 23.0. The maximum atomic E-state index is 13.9. The Morgan fingerprint density at radius 1 is 1.08 bits per heavy atom. The topological polar surface area (TPSA) is 135 Å². The number of aryl methyl sites for hydroxylation is 1. The minimum absolute atomic E-state index is 0.0461. The molecule has 0 aliphatic heterocycles. The first-order chi connectivity index (χ1) is 17.5. The Morgan fingerprint density at radius 3 is 2.22 bits per heavy atom. The fraction of sp³-hybridized carbons (Fsp3) is 0.500. The van der Waals surface area contributed by atoms with Gasteiger partial charge >= 0.3 is 0 Å². The molecule has 0 spiro atoms. The van der Waals surface area contributed by atoms with Crippen molar-refractivity contribution in [2.45, 2.75) is 53.6 Å². The zero-order valence-electron chi connectivity index (χ0n) is 23.0. The number of carbonyl (C=O) groups is 1. The number of carbonyl (C=O) groups excluding carboxylic acids is 1. The molecule has 2 aromatic carbocycles. The molecule has 0 atom stereocenters. The third-order valence-electron chi connectivity index (χ3n) is 4.35. The minimum Gasteiger partial charge on any atom is -0.389 e. The van der Waals surface area contributed by atoms with Crippen LogP contribution in [0, 0.1) is 24.4 Å². The highest BCUT2D eigenvalue weighted by Crippen LogP contribution is 2.28. The maximum absolute atomic E-state index is 13.9. The average Bonchev–Trinajstić information content (AvgIpc) is 2.87. The summed E-state index contributed by atoms with van der Waals surface area (Å²) in [6, 6.07) is 6.23. The monoisotopic (exact) mass is 531 g/mol. The number of nitrogens with two attached hydrogens (primary N) is 2. The van der Waals surface area contributed by atoms with Crippen LogP contribution in [-0.4, -0.2) is 50.0 Å². The van der Waals surface area contributed by atoms with Crippen LogP contribution in [0.3, 0.4) is 0 Å². The summed E-state index contributed by atoms with van der Waals surface area (Å²) in [6.45, 7) is 14.4. The summed E-state index contributed by atoms with van der Waals surface area (Å²) in [7, 11) is 1.36. The van der Waals surface area contributed by atoms with E-state index in [0.29, 0.717) is 12.1 Å². The maximum Gasteiger partial charge on any atom is 0.253 e. The molecule has 2 rings (SSSR count). The average molecular weight is 532 g/mol. The van der Waals surface area contributed by atoms with Crippen LogP contribution in [0.1, 0.15) is 57.0 Å². The number of hydrogen-bond acceptors (Lipinski definition) is 7. The van der Waals surface area contributed by atoms with Crippen LogP contribution in [0.15, 0.2) is 30.3 Å². The molecule has 37 heavy (non-hydrogen) atoms. The SMILES string of the molecule is CC.CCOCCCNCC(C)(C)O.CNC(=O)c1ccc(F)c(F)c1Nc1ccc(C)cc1F.NN. The van der Waals surface area contributed by atoms with Gasteiger partial charge in [-0.2, -0.15) is 0 Å². The predicted molar refractivity (Wildman–Crippen MR) is 144 cm³/mol. The third-order valence-corrected chi connectivity index (χ3v) is 4.35. The molecule has 0 fully saturated rings. The van der Waals surface area contributed by atoms with Crippen molar-refractivity contribution in [1.82, 2.24) is 10.6 Å². The van der Waals surface area contributed by atoms with Gasteiger partial charge in [-0.15, -0.1) is 0 Å². The van der Waals surface area contributed by atoms with Crippen molar-refractivity contribution in [1.29, 1.82) is 0 Å². The Morgan fingerprint density at radius 2 is 1.70 bits per heavy atom. The molecule has 1 amide bonds. The van der Waals surface area contributed by atoms with Crippen molar-refractivity contribution >= 4 is 17.3 Å². The van der Waals surface area contributed by atoms with Crippen molar-refractivity contribution in [2.75, 3.05) is 38.7 Å². The fourth-order valence-electron chi connectivity index (χ4n) is 2.69. The summed E-state index contributed by atoms with van der Waals surface area (Å²) in [4.78, 5) is 11.7. The van der Waals surface area contributed by atoms with Gasteiger partial charge in [-0.25, -0.2) is 13.2 Å². The number of ether oxygens (including phenoxy) is 1. The zero-order chi connectivity index (χ0) is 29.0. The summed E-state index contributed by atoms with van der Waals surface area (Å²) in [5.74, 6) is 4.40. The highest BCUT2D eigenvalue weighted by Gasteiger charge is 2.19. The lowest BCUT2D eigenvalue weighted by atomic mass is 10.1. The second kappa shape index (κ2) is 20.4. The lowest BCUT2D eigenvalue weighted by Gasteiger charge is -2.17. The predicted octanol–water partition coefficient (Wildman–Crippen LogP) is 4.13. The molecule has 0 aliphatic carbocycles. The van der Waals surface area contributed by atoms with E-state index in [0.717, 1.165) is 38.3 Å². The van der Waals surface area contributed by atoms with E-state index in [9.17, 15) is 23.1 Å². The Kier molecular flexibility index (Phi) is 20.1. The Bertz CT molecular complexity index is 910. The smallest absolute Gasteiger partial charge is 0.253 e. The molecule has 8 nitrogen and oxygen atoms in total. The Hall–Kier alpha value is -2.70. The van der Waals surface area contributed by atoms with Gasteiger partial charge in [0.05, 0.1) is 22.5 Å². The molecule has 0 heterocycles. The van der Waals surface area contributed by atoms with Crippen molar-refractivity contribution in [3.63, 3.8) is 0 Å². The van der Waals surface area contributed by atoms with E-state index < -0.39 is 34.6 Å². The minimum atomic E-state index is -1.24. The molecule has 0 aliphatic rings. The number of hydrazine groups is 1. The van der Waals surface area contributed by atoms with Gasteiger partial charge in [0.25, 0.3) is 5.91 Å². The number of halogens is 3. The molecule has 11 heteroatoms. The molecule has 0 bridgehead atoms. The van der Waals surface area contributed by atoms with Gasteiger partial charge in [-0.1, -0.05) is 19.9 Å². The molecule has 212 valence electrons. The second-order valence-electron chi connectivity index (χ2n) is 8.01. The number of hydrogen-bond donors (Lipinski definition) is 6. The lowest BCUT2D eigenvalue weighted by Crippen LogP contribution is -2.35. The van der Waals surface area contributed by atoms with Crippen LogP contribution in [0.5, 0.6) is 0 Å². The number of benzene rings is 2. The first-order valence-corrected chi connectivity index (χ1v) is 12.1. The van der Waals surface area contributed by atoms with Crippen molar-refractivity contribution in [3.05, 3.63) is 58.9 Å². The van der Waals surface area contributed by atoms with E-state index in [1.54, 1.807) is 26.8 Å². The van der Waals surface area contributed by atoms with Crippen LogP contribution in [0.4, 0.5) is 24.5 Å². The van der Waals surface area contributed by atoms with Crippen LogP contribution >= 0.6 is 0 Å². The van der Waals surface area contributed by atoms with E-state index in [-0.39, 0.29) is 11.3 Å².